The van der Waals surface area contributed by atoms with E-state index in [4.69, 9.17) is 21.6 Å². The number of rotatable bonds is 4. The van der Waals surface area contributed by atoms with E-state index < -0.39 is 11.9 Å². The van der Waals surface area contributed by atoms with Gasteiger partial charge in [-0.2, -0.15) is 4.52 Å². The number of fused-ring (bicyclic) bond motifs is 2. The largest absolute Gasteiger partial charge is 0.482 e. The molecule has 1 amide bonds. The summed E-state index contributed by atoms with van der Waals surface area (Å²) in [5.41, 5.74) is 1.26. The van der Waals surface area contributed by atoms with Gasteiger partial charge in [0.1, 0.15) is 5.75 Å². The van der Waals surface area contributed by atoms with Gasteiger partial charge in [-0.3, -0.25) is 4.79 Å². The second-order valence-corrected chi connectivity index (χ2v) is 5.96. The minimum absolute atomic E-state index is 0.0831. The van der Waals surface area contributed by atoms with Crippen molar-refractivity contribution in [2.24, 2.45) is 0 Å². The van der Waals surface area contributed by atoms with Crippen LogP contribution in [-0.2, 0) is 16.1 Å². The summed E-state index contributed by atoms with van der Waals surface area (Å²) in [6.45, 7) is 0.630. The van der Waals surface area contributed by atoms with Crippen molar-refractivity contribution in [1.29, 1.82) is 0 Å². The number of methoxy groups -OCH3 is 1. The third-order valence-corrected chi connectivity index (χ3v) is 3.87. The van der Waals surface area contributed by atoms with Crippen LogP contribution in [0.4, 0.5) is 5.69 Å². The minimum Gasteiger partial charge on any atom is -0.482 e. The predicted molar refractivity (Wildman–Crippen MR) is 100 cm³/mol. The van der Waals surface area contributed by atoms with Crippen molar-refractivity contribution < 1.29 is 29.0 Å². The van der Waals surface area contributed by atoms with Gasteiger partial charge in [-0.25, -0.2) is 19.4 Å². The molecular formula is C16H14ClN7O6. The summed E-state index contributed by atoms with van der Waals surface area (Å²) in [4.78, 5) is 39.2. The average Bonchev–Trinajstić information content (AvgIpc) is 3.21. The highest BCUT2D eigenvalue weighted by atomic mass is 35.5. The van der Waals surface area contributed by atoms with Crippen LogP contribution in [0.3, 0.4) is 0 Å². The molecule has 14 heteroatoms. The molecule has 2 aromatic heterocycles. The molecule has 3 heterocycles. The number of hydrogen-bond donors (Lipinski definition) is 3. The van der Waals surface area contributed by atoms with E-state index in [1.165, 1.54) is 7.11 Å². The molecule has 13 nitrogen and oxygen atoms in total. The lowest BCUT2D eigenvalue weighted by molar-refractivity contribution is -0.118. The number of esters is 1. The summed E-state index contributed by atoms with van der Waals surface area (Å²) in [5.74, 6) is -1.55. The number of amides is 1. The van der Waals surface area contributed by atoms with E-state index in [1.807, 2.05) is 18.2 Å². The van der Waals surface area contributed by atoms with Crippen molar-refractivity contribution in [1.82, 2.24) is 29.9 Å². The number of aromatic carboxylic acids is 1. The van der Waals surface area contributed by atoms with Crippen LogP contribution >= 0.6 is 11.8 Å². The Morgan fingerprint density at radius 2 is 2.20 bits per heavy atom. The Kier molecular flexibility index (Phi) is 6.34. The van der Waals surface area contributed by atoms with Gasteiger partial charge in [0.05, 0.1) is 12.8 Å². The lowest BCUT2D eigenvalue weighted by Gasteiger charge is -2.18. The van der Waals surface area contributed by atoms with Gasteiger partial charge in [0, 0.05) is 12.6 Å². The zero-order valence-corrected chi connectivity index (χ0v) is 16.1. The first-order chi connectivity index (χ1) is 14.4. The fourth-order valence-electron chi connectivity index (χ4n) is 2.42. The molecular weight excluding hydrogens is 422 g/mol. The predicted octanol–water partition coefficient (Wildman–Crippen LogP) is 0.265. The van der Waals surface area contributed by atoms with E-state index in [0.29, 0.717) is 18.0 Å². The zero-order chi connectivity index (χ0) is 21.7. The van der Waals surface area contributed by atoms with Gasteiger partial charge in [-0.1, -0.05) is 11.2 Å². The number of aromatic nitrogens is 5. The number of benzene rings is 1. The molecule has 3 aromatic rings. The van der Waals surface area contributed by atoms with Crippen molar-refractivity contribution in [2.75, 3.05) is 19.0 Å². The Bertz CT molecular complexity index is 1120. The summed E-state index contributed by atoms with van der Waals surface area (Å²) < 4.78 is 10.7. The molecule has 4 rings (SSSR count). The number of tetrazole rings is 1. The molecule has 30 heavy (non-hydrogen) atoms. The highest BCUT2D eigenvalue weighted by Crippen LogP contribution is 2.28. The van der Waals surface area contributed by atoms with Gasteiger partial charge in [0.25, 0.3) is 11.7 Å². The van der Waals surface area contributed by atoms with E-state index in [0.717, 1.165) is 16.1 Å². The number of anilines is 1. The molecule has 0 saturated carbocycles. The Morgan fingerprint density at radius 3 is 2.90 bits per heavy atom. The third-order valence-electron chi connectivity index (χ3n) is 3.74. The molecule has 1 aliphatic rings. The molecule has 0 fully saturated rings. The quantitative estimate of drug-likeness (QED) is 0.379. The number of carboxylic acid groups (broad SMARTS) is 1. The number of carbonyl (C=O) groups excluding carboxylic acids is 2. The third kappa shape index (κ3) is 4.59. The van der Waals surface area contributed by atoms with Crippen molar-refractivity contribution in [3.63, 3.8) is 0 Å². The molecule has 0 aliphatic carbocycles. The van der Waals surface area contributed by atoms with Crippen LogP contribution in [0.25, 0.3) is 5.78 Å². The van der Waals surface area contributed by atoms with Crippen molar-refractivity contribution >= 4 is 41.1 Å². The molecule has 0 spiro atoms. The summed E-state index contributed by atoms with van der Waals surface area (Å²) in [6, 6.07) is 6.59. The minimum atomic E-state index is -1.28. The molecule has 1 aromatic carbocycles. The number of carboxylic acids is 1. The maximum Gasteiger partial charge on any atom is 0.357 e. The van der Waals surface area contributed by atoms with Gasteiger partial charge in [0.15, 0.2) is 18.0 Å². The highest BCUT2D eigenvalue weighted by molar-refractivity contribution is 6.13. The Hall–Kier alpha value is -3.84. The van der Waals surface area contributed by atoms with E-state index in [-0.39, 0.29) is 29.7 Å². The van der Waals surface area contributed by atoms with Gasteiger partial charge < -0.3 is 19.9 Å². The lowest BCUT2D eigenvalue weighted by Crippen LogP contribution is -2.25. The average molecular weight is 436 g/mol. The van der Waals surface area contributed by atoms with E-state index in [2.05, 4.69) is 35.4 Å². The van der Waals surface area contributed by atoms with Gasteiger partial charge in [-0.05, 0) is 39.9 Å². The van der Waals surface area contributed by atoms with Gasteiger partial charge in [-0.15, -0.1) is 0 Å². The number of nitrogens with one attached hydrogen (secondary N) is 2. The molecule has 0 bridgehead atoms. The second kappa shape index (κ2) is 9.11. The number of nitrogens with zero attached hydrogens (tertiary/aromatic N) is 5. The van der Waals surface area contributed by atoms with Crippen LogP contribution in [-0.4, -0.2) is 61.7 Å². The van der Waals surface area contributed by atoms with Gasteiger partial charge in [0.2, 0.25) is 0 Å². The van der Waals surface area contributed by atoms with Crippen LogP contribution in [0.15, 0.2) is 24.3 Å². The first-order valence-corrected chi connectivity index (χ1v) is 8.60. The summed E-state index contributed by atoms with van der Waals surface area (Å²) in [6.07, 6.45) is 0. The van der Waals surface area contributed by atoms with Crippen LogP contribution in [0, 0.1) is 0 Å². The van der Waals surface area contributed by atoms with Crippen molar-refractivity contribution in [3.05, 3.63) is 41.2 Å². The maximum atomic E-state index is 11.3. The first kappa shape index (κ1) is 20.9. The molecule has 0 saturated heterocycles. The zero-order valence-electron chi connectivity index (χ0n) is 15.3. The number of ether oxygens (including phenoxy) is 2. The lowest BCUT2D eigenvalue weighted by atomic mass is 10.1. The Labute approximate surface area is 173 Å². The standard InChI is InChI=1S/C9H9ClN2O2.C7H5N5O4/c10-11-4-6-1-2-8-7(3-6)12-9(13)5-14-8;1-16-6(15)4-2-3(5(13)14)8-7-9-10-11-12(4)7/h1-3,11H,4-5H2,(H,12,13);2H,1H3,(H,13,14). The molecule has 1 aliphatic heterocycles. The summed E-state index contributed by atoms with van der Waals surface area (Å²) >= 11 is 5.38. The van der Waals surface area contributed by atoms with Crippen LogP contribution in [0.2, 0.25) is 0 Å². The number of hydrogen-bond acceptors (Lipinski definition) is 10. The fraction of sp³-hybridized carbons (Fsp3) is 0.188. The molecule has 0 unspecified atom stereocenters. The summed E-state index contributed by atoms with van der Waals surface area (Å²) in [7, 11) is 1.17. The van der Waals surface area contributed by atoms with Gasteiger partial charge >= 0.3 is 11.9 Å². The summed E-state index contributed by atoms with van der Waals surface area (Å²) in [5, 5.41) is 21.7. The fourth-order valence-corrected chi connectivity index (χ4v) is 2.57. The number of carbonyl (C=O) groups is 3. The van der Waals surface area contributed by atoms with Crippen LogP contribution in [0.5, 0.6) is 5.75 Å². The first-order valence-electron chi connectivity index (χ1n) is 8.22. The van der Waals surface area contributed by atoms with Crippen LogP contribution < -0.4 is 14.9 Å². The monoisotopic (exact) mass is 435 g/mol. The molecule has 0 atom stereocenters. The number of halogens is 1. The van der Waals surface area contributed by atoms with Crippen molar-refractivity contribution in [3.8, 4) is 5.75 Å². The topological polar surface area (TPSA) is 170 Å². The molecule has 3 N–H and O–H groups in total. The Morgan fingerprint density at radius 1 is 1.40 bits per heavy atom. The van der Waals surface area contributed by atoms with E-state index in [1.54, 1.807) is 0 Å². The Balaban J connectivity index is 0.000000172. The normalized spacial score (nSPS) is 12.1. The van der Waals surface area contributed by atoms with E-state index >= 15 is 0 Å². The van der Waals surface area contributed by atoms with Crippen molar-refractivity contribution in [2.45, 2.75) is 6.54 Å². The highest BCUT2D eigenvalue weighted by Gasteiger charge is 2.18. The maximum absolute atomic E-state index is 11.3. The van der Waals surface area contributed by atoms with Crippen LogP contribution in [0.1, 0.15) is 26.5 Å². The second-order valence-electron chi connectivity index (χ2n) is 5.69. The SMILES string of the molecule is COC(=O)c1cc(C(=O)O)nc2nnnn12.O=C1COc2ccc(CNCl)cc2N1. The molecule has 156 valence electrons. The smallest absolute Gasteiger partial charge is 0.357 e. The van der Waals surface area contributed by atoms with E-state index in [9.17, 15) is 14.4 Å². The molecule has 0 radical (unpaired) electrons.